The van der Waals surface area contributed by atoms with Crippen molar-refractivity contribution in [3.05, 3.63) is 62.4 Å². The molecule has 7 heteroatoms. The second-order valence-corrected chi connectivity index (χ2v) is 9.42. The third-order valence-electron chi connectivity index (χ3n) is 4.76. The minimum atomic E-state index is -0.519. The first-order valence-electron chi connectivity index (χ1n) is 10.4. The third-order valence-corrected chi connectivity index (χ3v) is 5.56. The summed E-state index contributed by atoms with van der Waals surface area (Å²) >= 11 is 2.08. The molecule has 0 atom stereocenters. The molecule has 0 N–H and O–H groups in total. The average Bonchev–Trinajstić information content (AvgIpc) is 3.10. The van der Waals surface area contributed by atoms with Crippen LogP contribution in [0.25, 0.3) is 6.08 Å². The maximum absolute atomic E-state index is 12.4. The molecule has 1 heterocycles. The number of carbonyl (C=O) groups excluding carboxylic acids is 2. The van der Waals surface area contributed by atoms with E-state index in [0.717, 1.165) is 5.56 Å². The van der Waals surface area contributed by atoms with Crippen LogP contribution in [0.4, 0.5) is 0 Å². The van der Waals surface area contributed by atoms with E-state index >= 15 is 0 Å². The van der Waals surface area contributed by atoms with Gasteiger partial charge in [0.1, 0.15) is 0 Å². The molecular formula is C25H26INO5. The Labute approximate surface area is 201 Å². The molecule has 1 aliphatic rings. The van der Waals surface area contributed by atoms with Crippen molar-refractivity contribution in [2.45, 2.75) is 46.5 Å². The van der Waals surface area contributed by atoms with Gasteiger partial charge >= 0.3 is 11.9 Å². The van der Waals surface area contributed by atoms with Gasteiger partial charge in [0.15, 0.2) is 17.2 Å². The standard InChI is InChI=1S/C25H26INO5/c1-6-21(28)31-22-18(26)12-15(14-20(22)30-7-2)13-19-24(29)32-23(27-19)16-8-10-17(11-9-16)25(3,4)5/h8-14H,6-7H2,1-5H3/b19-13-. The third kappa shape index (κ3) is 5.56. The molecule has 3 rings (SSSR count). The minimum Gasteiger partial charge on any atom is -0.490 e. The highest BCUT2D eigenvalue weighted by molar-refractivity contribution is 14.1. The van der Waals surface area contributed by atoms with Crippen molar-refractivity contribution < 1.29 is 23.8 Å². The highest BCUT2D eigenvalue weighted by atomic mass is 127. The summed E-state index contributed by atoms with van der Waals surface area (Å²) < 4.78 is 17.2. The normalized spacial score (nSPS) is 14.9. The van der Waals surface area contributed by atoms with Crippen LogP contribution in [0, 0.1) is 3.57 Å². The average molecular weight is 547 g/mol. The molecule has 0 bridgehead atoms. The largest absolute Gasteiger partial charge is 0.490 e. The number of halogens is 1. The van der Waals surface area contributed by atoms with E-state index in [-0.39, 0.29) is 29.4 Å². The summed E-state index contributed by atoms with van der Waals surface area (Å²) in [6, 6.07) is 11.4. The van der Waals surface area contributed by atoms with Crippen LogP contribution >= 0.6 is 22.6 Å². The van der Waals surface area contributed by atoms with Gasteiger partial charge in [0.2, 0.25) is 5.90 Å². The monoisotopic (exact) mass is 547 g/mol. The van der Waals surface area contributed by atoms with Crippen LogP contribution in [0.5, 0.6) is 11.5 Å². The van der Waals surface area contributed by atoms with E-state index in [9.17, 15) is 9.59 Å². The summed E-state index contributed by atoms with van der Waals surface area (Å²) in [6.45, 7) is 10.4. The van der Waals surface area contributed by atoms with Crippen LogP contribution in [0.1, 0.15) is 57.7 Å². The molecule has 0 spiro atoms. The summed E-state index contributed by atoms with van der Waals surface area (Å²) in [5.74, 6) is 0.213. The van der Waals surface area contributed by atoms with Gasteiger partial charge in [-0.3, -0.25) is 4.79 Å². The fourth-order valence-corrected chi connectivity index (χ4v) is 3.76. The molecule has 2 aromatic rings. The minimum absolute atomic E-state index is 0.0325. The number of hydrogen-bond donors (Lipinski definition) is 0. The molecular weight excluding hydrogens is 521 g/mol. The smallest absolute Gasteiger partial charge is 0.363 e. The first-order valence-corrected chi connectivity index (χ1v) is 11.5. The molecule has 0 aromatic heterocycles. The van der Waals surface area contributed by atoms with Gasteiger partial charge in [0.25, 0.3) is 0 Å². The molecule has 2 aromatic carbocycles. The fraction of sp³-hybridized carbons (Fsp3) is 0.320. The lowest BCUT2D eigenvalue weighted by Crippen LogP contribution is -2.11. The zero-order valence-corrected chi connectivity index (χ0v) is 21.0. The predicted molar refractivity (Wildman–Crippen MR) is 132 cm³/mol. The number of cyclic esters (lactones) is 1. The quantitative estimate of drug-likeness (QED) is 0.202. The molecule has 0 saturated carbocycles. The van der Waals surface area contributed by atoms with Crippen LogP contribution in [-0.4, -0.2) is 24.4 Å². The van der Waals surface area contributed by atoms with Crippen LogP contribution in [0.15, 0.2) is 47.1 Å². The Kier molecular flexibility index (Phi) is 7.38. The van der Waals surface area contributed by atoms with Crippen LogP contribution in [0.3, 0.4) is 0 Å². The van der Waals surface area contributed by atoms with E-state index in [4.69, 9.17) is 14.2 Å². The Morgan fingerprint density at radius 3 is 2.44 bits per heavy atom. The Bertz CT molecular complexity index is 1090. The molecule has 0 radical (unpaired) electrons. The van der Waals surface area contributed by atoms with Crippen LogP contribution < -0.4 is 9.47 Å². The van der Waals surface area contributed by atoms with Crippen molar-refractivity contribution in [3.8, 4) is 11.5 Å². The van der Waals surface area contributed by atoms with Gasteiger partial charge in [-0.15, -0.1) is 0 Å². The first kappa shape index (κ1) is 24.0. The lowest BCUT2D eigenvalue weighted by molar-refractivity contribution is -0.134. The lowest BCUT2D eigenvalue weighted by Gasteiger charge is -2.18. The topological polar surface area (TPSA) is 74.2 Å². The summed E-state index contributed by atoms with van der Waals surface area (Å²) in [7, 11) is 0. The highest BCUT2D eigenvalue weighted by Gasteiger charge is 2.25. The van der Waals surface area contributed by atoms with E-state index in [0.29, 0.717) is 27.2 Å². The lowest BCUT2D eigenvalue weighted by atomic mass is 9.87. The van der Waals surface area contributed by atoms with E-state index < -0.39 is 5.97 Å². The number of rotatable bonds is 6. The molecule has 0 amide bonds. The number of carbonyl (C=O) groups is 2. The van der Waals surface area contributed by atoms with Crippen molar-refractivity contribution in [1.29, 1.82) is 0 Å². The highest BCUT2D eigenvalue weighted by Crippen LogP contribution is 2.35. The molecule has 6 nitrogen and oxygen atoms in total. The summed E-state index contributed by atoms with van der Waals surface area (Å²) in [4.78, 5) is 28.6. The number of ether oxygens (including phenoxy) is 3. The van der Waals surface area contributed by atoms with Gasteiger partial charge in [0.05, 0.1) is 10.2 Å². The Balaban J connectivity index is 1.92. The van der Waals surface area contributed by atoms with E-state index in [1.807, 2.05) is 31.2 Å². The Morgan fingerprint density at radius 1 is 1.16 bits per heavy atom. The Morgan fingerprint density at radius 2 is 1.84 bits per heavy atom. The first-order chi connectivity index (χ1) is 15.1. The molecule has 32 heavy (non-hydrogen) atoms. The number of hydrogen-bond acceptors (Lipinski definition) is 6. The van der Waals surface area contributed by atoms with E-state index in [2.05, 4.69) is 48.4 Å². The van der Waals surface area contributed by atoms with Gasteiger partial charge in [0, 0.05) is 12.0 Å². The summed E-state index contributed by atoms with van der Waals surface area (Å²) in [5, 5.41) is 0. The fourth-order valence-electron chi connectivity index (χ4n) is 3.02. The Hall–Kier alpha value is -2.68. The maximum Gasteiger partial charge on any atom is 0.363 e. The summed E-state index contributed by atoms with van der Waals surface area (Å²) in [6.07, 6.45) is 1.89. The second-order valence-electron chi connectivity index (χ2n) is 8.25. The van der Waals surface area contributed by atoms with E-state index in [1.165, 1.54) is 5.56 Å². The van der Waals surface area contributed by atoms with Gasteiger partial charge in [-0.05, 0) is 76.4 Å². The molecule has 0 aliphatic carbocycles. The number of aliphatic imine (C=N–C) groups is 1. The van der Waals surface area contributed by atoms with Gasteiger partial charge in [-0.2, -0.15) is 0 Å². The number of esters is 2. The molecule has 168 valence electrons. The zero-order valence-electron chi connectivity index (χ0n) is 18.8. The van der Waals surface area contributed by atoms with Gasteiger partial charge in [-0.1, -0.05) is 39.8 Å². The van der Waals surface area contributed by atoms with Crippen molar-refractivity contribution >= 4 is 46.5 Å². The van der Waals surface area contributed by atoms with Gasteiger partial charge < -0.3 is 14.2 Å². The molecule has 0 fully saturated rings. The molecule has 0 unspecified atom stereocenters. The van der Waals surface area contributed by atoms with Crippen molar-refractivity contribution in [2.75, 3.05) is 6.61 Å². The SMILES string of the molecule is CCOc1cc(/C=C2\N=C(c3ccc(C(C)(C)C)cc3)OC2=O)cc(I)c1OC(=O)CC. The van der Waals surface area contributed by atoms with E-state index in [1.54, 1.807) is 25.1 Å². The predicted octanol–water partition coefficient (Wildman–Crippen LogP) is 5.65. The van der Waals surface area contributed by atoms with Crippen molar-refractivity contribution in [1.82, 2.24) is 0 Å². The number of benzene rings is 2. The number of nitrogens with zero attached hydrogens (tertiary/aromatic N) is 1. The van der Waals surface area contributed by atoms with Crippen molar-refractivity contribution in [2.24, 2.45) is 4.99 Å². The zero-order chi connectivity index (χ0) is 23.5. The van der Waals surface area contributed by atoms with Crippen molar-refractivity contribution in [3.63, 3.8) is 0 Å². The van der Waals surface area contributed by atoms with Crippen LogP contribution in [-0.2, 0) is 19.7 Å². The maximum atomic E-state index is 12.4. The second kappa shape index (κ2) is 9.85. The molecule has 1 aliphatic heterocycles. The molecule has 0 saturated heterocycles. The van der Waals surface area contributed by atoms with Gasteiger partial charge in [-0.25, -0.2) is 9.79 Å². The van der Waals surface area contributed by atoms with Crippen LogP contribution in [0.2, 0.25) is 0 Å². The summed E-state index contributed by atoms with van der Waals surface area (Å²) in [5.41, 5.74) is 2.83.